The van der Waals surface area contributed by atoms with E-state index >= 15 is 0 Å². The Morgan fingerprint density at radius 2 is 1.85 bits per heavy atom. The molecule has 0 bridgehead atoms. The fraction of sp³-hybridized carbons (Fsp3) is 0.0476. The zero-order valence-electron chi connectivity index (χ0n) is 14.3. The molecule has 0 radical (unpaired) electrons. The molecule has 136 valence electrons. The van der Waals surface area contributed by atoms with Gasteiger partial charge in [-0.15, -0.1) is 0 Å². The fourth-order valence-corrected chi connectivity index (χ4v) is 2.58. The van der Waals surface area contributed by atoms with Crippen LogP contribution >= 0.6 is 11.6 Å². The number of carbonyl (C=O) groups is 1. The minimum Gasteiger partial charge on any atom is -0.488 e. The lowest BCUT2D eigenvalue weighted by molar-refractivity contribution is 0.0697. The number of hydrazone groups is 1. The van der Waals surface area contributed by atoms with Crippen LogP contribution in [0.25, 0.3) is 0 Å². The van der Waals surface area contributed by atoms with E-state index in [0.717, 1.165) is 11.1 Å². The molecule has 6 heteroatoms. The number of ether oxygens (including phenoxy) is 1. The van der Waals surface area contributed by atoms with Gasteiger partial charge in [-0.25, -0.2) is 4.79 Å². The minimum absolute atomic E-state index is 0.226. The molecule has 0 unspecified atom stereocenters. The highest BCUT2D eigenvalue weighted by atomic mass is 35.5. The van der Waals surface area contributed by atoms with E-state index in [1.165, 1.54) is 12.1 Å². The maximum Gasteiger partial charge on any atom is 0.335 e. The number of nitrogens with one attached hydrogen (secondary N) is 1. The monoisotopic (exact) mass is 380 g/mol. The lowest BCUT2D eigenvalue weighted by atomic mass is 10.2. The van der Waals surface area contributed by atoms with Gasteiger partial charge in [0.2, 0.25) is 0 Å². The largest absolute Gasteiger partial charge is 0.488 e. The highest BCUT2D eigenvalue weighted by molar-refractivity contribution is 6.30. The molecule has 0 fully saturated rings. The summed E-state index contributed by atoms with van der Waals surface area (Å²) in [6.07, 6.45) is 1.65. The first kappa shape index (κ1) is 18.5. The van der Waals surface area contributed by atoms with Crippen LogP contribution < -0.4 is 10.2 Å². The van der Waals surface area contributed by atoms with Crippen molar-refractivity contribution in [1.29, 1.82) is 0 Å². The van der Waals surface area contributed by atoms with Gasteiger partial charge in [-0.05, 0) is 54.1 Å². The molecule has 3 aromatic carbocycles. The van der Waals surface area contributed by atoms with Crippen molar-refractivity contribution in [2.45, 2.75) is 6.61 Å². The molecule has 3 rings (SSSR count). The quantitative estimate of drug-likeness (QED) is 0.443. The summed E-state index contributed by atoms with van der Waals surface area (Å²) in [4.78, 5) is 10.9. The number of aromatic carboxylic acids is 1. The molecule has 0 saturated heterocycles. The van der Waals surface area contributed by atoms with Gasteiger partial charge in [0.15, 0.2) is 0 Å². The standard InChI is InChI=1S/C21H17ClN2O3/c22-18-6-3-4-15(12-18)14-27-20-7-2-1-5-17(20)13-23-24-19-10-8-16(9-11-19)21(25)26/h1-13,24H,14H2,(H,25,26)/b23-13+. The predicted octanol–water partition coefficient (Wildman–Crippen LogP) is 5.06. The van der Waals surface area contributed by atoms with E-state index in [0.29, 0.717) is 23.1 Å². The molecule has 2 N–H and O–H groups in total. The summed E-state index contributed by atoms with van der Waals surface area (Å²) in [5.74, 6) is -0.264. The minimum atomic E-state index is -0.962. The maximum absolute atomic E-state index is 10.9. The number of halogens is 1. The second-order valence-electron chi connectivity index (χ2n) is 5.71. The Kier molecular flexibility index (Phi) is 6.07. The van der Waals surface area contributed by atoms with Crippen LogP contribution in [0.15, 0.2) is 77.9 Å². The summed E-state index contributed by atoms with van der Waals surface area (Å²) >= 11 is 5.99. The number of para-hydroxylation sites is 1. The van der Waals surface area contributed by atoms with Gasteiger partial charge in [0.1, 0.15) is 12.4 Å². The zero-order valence-corrected chi connectivity index (χ0v) is 15.1. The molecule has 5 nitrogen and oxygen atoms in total. The molecule has 27 heavy (non-hydrogen) atoms. The molecular formula is C21H17ClN2O3. The molecular weight excluding hydrogens is 364 g/mol. The molecule has 0 saturated carbocycles. The highest BCUT2D eigenvalue weighted by Crippen LogP contribution is 2.19. The van der Waals surface area contributed by atoms with E-state index in [4.69, 9.17) is 21.4 Å². The van der Waals surface area contributed by atoms with Gasteiger partial charge in [0, 0.05) is 10.6 Å². The molecule has 3 aromatic rings. The summed E-state index contributed by atoms with van der Waals surface area (Å²) in [5, 5.41) is 13.8. The molecule has 0 aliphatic rings. The summed E-state index contributed by atoms with van der Waals surface area (Å²) in [6.45, 7) is 0.398. The Morgan fingerprint density at radius 3 is 2.59 bits per heavy atom. The van der Waals surface area contributed by atoms with Crippen LogP contribution in [0.2, 0.25) is 5.02 Å². The van der Waals surface area contributed by atoms with Crippen molar-refractivity contribution < 1.29 is 14.6 Å². The molecule has 0 atom stereocenters. The number of rotatable bonds is 7. The highest BCUT2D eigenvalue weighted by Gasteiger charge is 2.03. The third-order valence-electron chi connectivity index (χ3n) is 3.73. The van der Waals surface area contributed by atoms with E-state index in [1.54, 1.807) is 18.3 Å². The van der Waals surface area contributed by atoms with Gasteiger partial charge in [0.05, 0.1) is 17.5 Å². The molecule has 0 aliphatic heterocycles. The van der Waals surface area contributed by atoms with Gasteiger partial charge >= 0.3 is 5.97 Å². The first-order chi connectivity index (χ1) is 13.1. The Labute approximate surface area is 161 Å². The molecule has 0 amide bonds. The van der Waals surface area contributed by atoms with Crippen LogP contribution in [-0.2, 0) is 6.61 Å². The fourth-order valence-electron chi connectivity index (χ4n) is 2.37. The van der Waals surface area contributed by atoms with Crippen LogP contribution in [0.4, 0.5) is 5.69 Å². The van der Waals surface area contributed by atoms with Gasteiger partial charge < -0.3 is 9.84 Å². The van der Waals surface area contributed by atoms with Crippen molar-refractivity contribution in [2.75, 3.05) is 5.43 Å². The number of nitrogens with zero attached hydrogens (tertiary/aromatic N) is 1. The van der Waals surface area contributed by atoms with Crippen LogP contribution in [-0.4, -0.2) is 17.3 Å². The smallest absolute Gasteiger partial charge is 0.335 e. The van der Waals surface area contributed by atoms with Crippen LogP contribution in [0.5, 0.6) is 5.75 Å². The summed E-state index contributed by atoms with van der Waals surface area (Å²) in [5.41, 5.74) is 5.58. The Bertz CT molecular complexity index is 956. The maximum atomic E-state index is 10.9. The Hall–Kier alpha value is -3.31. The second kappa shape index (κ2) is 8.87. The SMILES string of the molecule is O=C(O)c1ccc(N/N=C/c2ccccc2OCc2cccc(Cl)c2)cc1. The van der Waals surface area contributed by atoms with Crippen molar-refractivity contribution in [3.05, 3.63) is 94.5 Å². The topological polar surface area (TPSA) is 70.9 Å². The summed E-state index contributed by atoms with van der Waals surface area (Å²) in [6, 6.07) is 21.4. The van der Waals surface area contributed by atoms with E-state index in [9.17, 15) is 4.79 Å². The molecule has 0 heterocycles. The molecule has 0 aliphatic carbocycles. The van der Waals surface area contributed by atoms with Crippen molar-refractivity contribution in [2.24, 2.45) is 5.10 Å². The predicted molar refractivity (Wildman–Crippen MR) is 107 cm³/mol. The van der Waals surface area contributed by atoms with Crippen molar-refractivity contribution in [3.63, 3.8) is 0 Å². The first-order valence-electron chi connectivity index (χ1n) is 8.20. The first-order valence-corrected chi connectivity index (χ1v) is 8.58. The number of benzene rings is 3. The van der Waals surface area contributed by atoms with Crippen LogP contribution in [0, 0.1) is 0 Å². The average Bonchev–Trinajstić information content (AvgIpc) is 2.68. The summed E-state index contributed by atoms with van der Waals surface area (Å²) < 4.78 is 5.88. The number of hydrogen-bond acceptors (Lipinski definition) is 4. The molecule has 0 aromatic heterocycles. The third-order valence-corrected chi connectivity index (χ3v) is 3.97. The van der Waals surface area contributed by atoms with Crippen molar-refractivity contribution >= 4 is 29.5 Å². The van der Waals surface area contributed by atoms with E-state index in [1.807, 2.05) is 48.5 Å². The number of hydrogen-bond donors (Lipinski definition) is 2. The van der Waals surface area contributed by atoms with Gasteiger partial charge in [-0.3, -0.25) is 5.43 Å². The van der Waals surface area contributed by atoms with Gasteiger partial charge in [-0.1, -0.05) is 35.9 Å². The van der Waals surface area contributed by atoms with Gasteiger partial charge in [0.25, 0.3) is 0 Å². The zero-order chi connectivity index (χ0) is 19.1. The average molecular weight is 381 g/mol. The Balaban J connectivity index is 1.64. The van der Waals surface area contributed by atoms with Crippen LogP contribution in [0.1, 0.15) is 21.5 Å². The Morgan fingerprint density at radius 1 is 1.07 bits per heavy atom. The normalized spacial score (nSPS) is 10.7. The van der Waals surface area contributed by atoms with Crippen LogP contribution in [0.3, 0.4) is 0 Å². The lowest BCUT2D eigenvalue weighted by Crippen LogP contribution is -1.99. The number of anilines is 1. The van der Waals surface area contributed by atoms with E-state index in [-0.39, 0.29) is 5.56 Å². The number of carboxylic acid groups (broad SMARTS) is 1. The second-order valence-corrected chi connectivity index (χ2v) is 6.15. The van der Waals surface area contributed by atoms with Gasteiger partial charge in [-0.2, -0.15) is 5.10 Å². The molecule has 0 spiro atoms. The number of carboxylic acids is 1. The van der Waals surface area contributed by atoms with Crippen molar-refractivity contribution in [3.8, 4) is 5.75 Å². The summed E-state index contributed by atoms with van der Waals surface area (Å²) in [7, 11) is 0. The van der Waals surface area contributed by atoms with E-state index in [2.05, 4.69) is 10.5 Å². The third kappa shape index (κ3) is 5.33. The van der Waals surface area contributed by atoms with E-state index < -0.39 is 5.97 Å². The lowest BCUT2D eigenvalue weighted by Gasteiger charge is -2.09. The van der Waals surface area contributed by atoms with Crippen molar-refractivity contribution in [1.82, 2.24) is 0 Å².